The van der Waals surface area contributed by atoms with Gasteiger partial charge in [-0.3, -0.25) is 14.5 Å². The molecule has 0 aromatic heterocycles. The van der Waals surface area contributed by atoms with Gasteiger partial charge < -0.3 is 10.6 Å². The normalized spacial score (nSPS) is 17.0. The second kappa shape index (κ2) is 9.41. The molecule has 0 bridgehead atoms. The summed E-state index contributed by atoms with van der Waals surface area (Å²) < 4.78 is 0. The average Bonchev–Trinajstić information content (AvgIpc) is 2.64. The first-order valence-corrected chi connectivity index (χ1v) is 9.70. The smallest absolute Gasteiger partial charge is 0.238 e. The summed E-state index contributed by atoms with van der Waals surface area (Å²) in [5.41, 5.74) is -0.252. The first-order chi connectivity index (χ1) is 12.8. The highest BCUT2D eigenvalue weighted by Gasteiger charge is 2.35. The van der Waals surface area contributed by atoms with E-state index >= 15 is 0 Å². The zero-order valence-electron chi connectivity index (χ0n) is 15.5. The third-order valence-corrected chi connectivity index (χ3v) is 5.66. The Labute approximate surface area is 169 Å². The first kappa shape index (κ1) is 21.5. The highest BCUT2D eigenvalue weighted by Crippen LogP contribution is 2.28. The van der Waals surface area contributed by atoms with Crippen LogP contribution in [0.1, 0.15) is 39.0 Å². The number of nitrogens with one attached hydrogen (secondary N) is 2. The molecule has 1 aliphatic rings. The predicted molar refractivity (Wildman–Crippen MR) is 107 cm³/mol. The SMILES string of the molecule is C[C@H](C(=O)NC1(C#N)CCCCC1)N(C)CC(=O)Nc1ccc(Cl)c(Cl)c1. The van der Waals surface area contributed by atoms with Crippen LogP contribution in [-0.2, 0) is 9.59 Å². The lowest BCUT2D eigenvalue weighted by Gasteiger charge is -2.34. The number of likely N-dealkylation sites (N-methyl/N-ethyl adjacent to an activating group) is 1. The molecule has 2 amide bonds. The summed E-state index contributed by atoms with van der Waals surface area (Å²) in [5, 5.41) is 15.9. The Morgan fingerprint density at radius 3 is 2.52 bits per heavy atom. The molecule has 1 saturated carbocycles. The van der Waals surface area contributed by atoms with Crippen molar-refractivity contribution in [1.82, 2.24) is 10.2 Å². The lowest BCUT2D eigenvalue weighted by Crippen LogP contribution is -2.55. The van der Waals surface area contributed by atoms with E-state index in [4.69, 9.17) is 23.2 Å². The van der Waals surface area contributed by atoms with Crippen LogP contribution in [0.4, 0.5) is 5.69 Å². The molecule has 0 saturated heterocycles. The van der Waals surface area contributed by atoms with Crippen LogP contribution in [0.2, 0.25) is 10.0 Å². The average molecular weight is 411 g/mol. The maximum atomic E-state index is 12.6. The molecule has 1 aromatic carbocycles. The largest absolute Gasteiger partial charge is 0.336 e. The second-order valence-corrected chi connectivity index (χ2v) is 7.83. The van der Waals surface area contributed by atoms with E-state index in [2.05, 4.69) is 16.7 Å². The number of hydrogen-bond acceptors (Lipinski definition) is 4. The Hall–Kier alpha value is -1.81. The molecule has 2 rings (SSSR count). The van der Waals surface area contributed by atoms with Crippen LogP contribution in [0.25, 0.3) is 0 Å². The Bertz CT molecular complexity index is 742. The van der Waals surface area contributed by atoms with Crippen molar-refractivity contribution in [3.05, 3.63) is 28.2 Å². The molecule has 6 nitrogen and oxygen atoms in total. The molecule has 146 valence electrons. The van der Waals surface area contributed by atoms with Gasteiger partial charge in [0, 0.05) is 5.69 Å². The van der Waals surface area contributed by atoms with E-state index in [1.807, 2.05) is 0 Å². The number of amides is 2. The van der Waals surface area contributed by atoms with Gasteiger partial charge >= 0.3 is 0 Å². The van der Waals surface area contributed by atoms with E-state index in [0.29, 0.717) is 28.6 Å². The van der Waals surface area contributed by atoms with Crippen LogP contribution in [0.5, 0.6) is 0 Å². The number of carbonyl (C=O) groups excluding carboxylic acids is 2. The van der Waals surface area contributed by atoms with Crippen LogP contribution in [0.3, 0.4) is 0 Å². The van der Waals surface area contributed by atoms with E-state index in [0.717, 1.165) is 19.3 Å². The van der Waals surface area contributed by atoms with E-state index < -0.39 is 11.6 Å². The maximum absolute atomic E-state index is 12.6. The van der Waals surface area contributed by atoms with Crippen molar-refractivity contribution in [2.45, 2.75) is 50.6 Å². The number of halogens is 2. The molecule has 0 heterocycles. The third-order valence-electron chi connectivity index (χ3n) is 4.92. The van der Waals surface area contributed by atoms with Crippen LogP contribution in [0.15, 0.2) is 18.2 Å². The molecular weight excluding hydrogens is 387 g/mol. The molecule has 0 spiro atoms. The molecule has 1 fully saturated rings. The van der Waals surface area contributed by atoms with Crippen LogP contribution < -0.4 is 10.6 Å². The molecule has 0 unspecified atom stereocenters. The second-order valence-electron chi connectivity index (χ2n) is 7.01. The number of rotatable bonds is 6. The summed E-state index contributed by atoms with van der Waals surface area (Å²) in [6.45, 7) is 1.74. The standard InChI is InChI=1S/C19H24Cl2N4O2/c1-13(18(27)24-19(12-22)8-4-3-5-9-19)25(2)11-17(26)23-14-6-7-15(20)16(21)10-14/h6-7,10,13H,3-5,8-9,11H2,1-2H3,(H,23,26)(H,24,27)/t13-/m1/s1. The minimum Gasteiger partial charge on any atom is -0.336 e. The summed E-state index contributed by atoms with van der Waals surface area (Å²) in [4.78, 5) is 26.4. The van der Waals surface area contributed by atoms with E-state index in [9.17, 15) is 14.9 Å². The molecular formula is C19H24Cl2N4O2. The summed E-state index contributed by atoms with van der Waals surface area (Å²) in [6, 6.07) is 6.55. The van der Waals surface area contributed by atoms with Crippen molar-refractivity contribution in [3.63, 3.8) is 0 Å². The molecule has 27 heavy (non-hydrogen) atoms. The summed E-state index contributed by atoms with van der Waals surface area (Å²) in [5.74, 6) is -0.522. The van der Waals surface area contributed by atoms with Crippen molar-refractivity contribution in [2.75, 3.05) is 18.9 Å². The predicted octanol–water partition coefficient (Wildman–Crippen LogP) is 3.59. The van der Waals surface area contributed by atoms with Gasteiger partial charge in [-0.2, -0.15) is 5.26 Å². The fourth-order valence-corrected chi connectivity index (χ4v) is 3.40. The lowest BCUT2D eigenvalue weighted by molar-refractivity contribution is -0.128. The zero-order valence-corrected chi connectivity index (χ0v) is 17.0. The molecule has 1 aliphatic carbocycles. The number of nitrogens with zero attached hydrogens (tertiary/aromatic N) is 2. The zero-order chi connectivity index (χ0) is 20.0. The van der Waals surface area contributed by atoms with Crippen molar-refractivity contribution in [3.8, 4) is 6.07 Å². The Morgan fingerprint density at radius 2 is 1.93 bits per heavy atom. The number of benzene rings is 1. The van der Waals surface area contributed by atoms with Crippen molar-refractivity contribution >= 4 is 40.7 Å². The van der Waals surface area contributed by atoms with Crippen molar-refractivity contribution in [1.29, 1.82) is 5.26 Å². The summed E-state index contributed by atoms with van der Waals surface area (Å²) >= 11 is 11.8. The van der Waals surface area contributed by atoms with Gasteiger partial charge in [-0.25, -0.2) is 0 Å². The summed E-state index contributed by atoms with van der Waals surface area (Å²) in [7, 11) is 1.69. The molecule has 1 aromatic rings. The number of carbonyl (C=O) groups is 2. The number of nitriles is 1. The highest BCUT2D eigenvalue weighted by atomic mass is 35.5. The van der Waals surface area contributed by atoms with Crippen LogP contribution >= 0.6 is 23.2 Å². The van der Waals surface area contributed by atoms with Gasteiger partial charge in [0.15, 0.2) is 0 Å². The van der Waals surface area contributed by atoms with Gasteiger partial charge in [-0.05, 0) is 45.0 Å². The van der Waals surface area contributed by atoms with Gasteiger partial charge in [0.25, 0.3) is 0 Å². The minimum atomic E-state index is -0.785. The van der Waals surface area contributed by atoms with Crippen LogP contribution in [0, 0.1) is 11.3 Å². The lowest BCUT2D eigenvalue weighted by atomic mass is 9.82. The Balaban J connectivity index is 1.90. The highest BCUT2D eigenvalue weighted by molar-refractivity contribution is 6.42. The van der Waals surface area contributed by atoms with Crippen molar-refractivity contribution < 1.29 is 9.59 Å². The van der Waals surface area contributed by atoms with Gasteiger partial charge in [-0.1, -0.05) is 42.5 Å². The molecule has 1 atom stereocenters. The van der Waals surface area contributed by atoms with Gasteiger partial charge in [0.2, 0.25) is 11.8 Å². The maximum Gasteiger partial charge on any atom is 0.238 e. The van der Waals surface area contributed by atoms with Crippen molar-refractivity contribution in [2.24, 2.45) is 0 Å². The van der Waals surface area contributed by atoms with Gasteiger partial charge in [-0.15, -0.1) is 0 Å². The third kappa shape index (κ3) is 5.83. The first-order valence-electron chi connectivity index (χ1n) is 8.95. The minimum absolute atomic E-state index is 0.0222. The Morgan fingerprint density at radius 1 is 1.26 bits per heavy atom. The fourth-order valence-electron chi connectivity index (χ4n) is 3.10. The topological polar surface area (TPSA) is 85.2 Å². The monoisotopic (exact) mass is 410 g/mol. The van der Waals surface area contributed by atoms with E-state index in [1.54, 1.807) is 37.1 Å². The van der Waals surface area contributed by atoms with E-state index in [-0.39, 0.29) is 18.4 Å². The van der Waals surface area contributed by atoms with E-state index in [1.165, 1.54) is 0 Å². The number of anilines is 1. The Kier molecular flexibility index (Phi) is 7.49. The quantitative estimate of drug-likeness (QED) is 0.749. The van der Waals surface area contributed by atoms with Gasteiger partial charge in [0.1, 0.15) is 5.54 Å². The van der Waals surface area contributed by atoms with Gasteiger partial charge in [0.05, 0.1) is 28.7 Å². The molecule has 8 heteroatoms. The van der Waals surface area contributed by atoms with Crippen LogP contribution in [-0.4, -0.2) is 41.9 Å². The fraction of sp³-hybridized carbons (Fsp3) is 0.526. The molecule has 2 N–H and O–H groups in total. The number of hydrogen-bond donors (Lipinski definition) is 2. The molecule has 0 radical (unpaired) electrons. The molecule has 0 aliphatic heterocycles. The summed E-state index contributed by atoms with van der Waals surface area (Å²) in [6.07, 6.45) is 4.30.